The number of hydrogen-bond acceptors (Lipinski definition) is 4. The molecule has 1 N–H and O–H groups in total. The number of halogens is 1. The van der Waals surface area contributed by atoms with Crippen LogP contribution in [0.15, 0.2) is 12.3 Å². The van der Waals surface area contributed by atoms with Gasteiger partial charge in [-0.1, -0.05) is 0 Å². The van der Waals surface area contributed by atoms with Gasteiger partial charge in [0.05, 0.1) is 18.9 Å². The zero-order valence-electron chi connectivity index (χ0n) is 11.4. The first-order chi connectivity index (χ1) is 9.15. The molecule has 0 atom stereocenters. The van der Waals surface area contributed by atoms with E-state index in [0.29, 0.717) is 24.3 Å². The summed E-state index contributed by atoms with van der Waals surface area (Å²) in [5.41, 5.74) is -0.135. The Bertz CT molecular complexity index is 431. The summed E-state index contributed by atoms with van der Waals surface area (Å²) in [5, 5.41) is 9.20. The molecule has 0 radical (unpaired) electrons. The van der Waals surface area contributed by atoms with Crippen molar-refractivity contribution >= 4 is 0 Å². The molecule has 19 heavy (non-hydrogen) atoms. The van der Waals surface area contributed by atoms with E-state index in [2.05, 4.69) is 4.98 Å². The molecular weight excluding hydrogens is 249 g/mol. The summed E-state index contributed by atoms with van der Waals surface area (Å²) in [5.74, 6) is 0.303. The Morgan fingerprint density at radius 3 is 2.63 bits per heavy atom. The predicted molar refractivity (Wildman–Crippen MR) is 68.5 cm³/mol. The van der Waals surface area contributed by atoms with Gasteiger partial charge in [0.25, 0.3) is 0 Å². The normalized spacial score (nSPS) is 27.3. The molecule has 0 bridgehead atoms. The van der Waals surface area contributed by atoms with Crippen molar-refractivity contribution in [2.45, 2.75) is 31.3 Å². The van der Waals surface area contributed by atoms with E-state index in [0.717, 1.165) is 12.8 Å². The van der Waals surface area contributed by atoms with Crippen LogP contribution in [-0.2, 0) is 10.3 Å². The number of pyridine rings is 1. The van der Waals surface area contributed by atoms with Gasteiger partial charge < -0.3 is 14.6 Å². The van der Waals surface area contributed by atoms with Gasteiger partial charge >= 0.3 is 0 Å². The third kappa shape index (κ3) is 2.72. The summed E-state index contributed by atoms with van der Waals surface area (Å²) in [4.78, 5) is 3.86. The fraction of sp³-hybridized carbons (Fsp3) is 0.643. The lowest BCUT2D eigenvalue weighted by Gasteiger charge is -2.39. The van der Waals surface area contributed by atoms with Crippen molar-refractivity contribution in [1.82, 2.24) is 4.98 Å². The van der Waals surface area contributed by atoms with E-state index in [1.165, 1.54) is 13.3 Å². The fourth-order valence-electron chi connectivity index (χ4n) is 2.79. The molecule has 0 saturated heterocycles. The van der Waals surface area contributed by atoms with Gasteiger partial charge in [-0.05, 0) is 31.6 Å². The zero-order valence-corrected chi connectivity index (χ0v) is 11.4. The number of hydrogen-bond donors (Lipinski definition) is 1. The average Bonchev–Trinajstić information content (AvgIpc) is 2.48. The standard InChI is InChI=1S/C14H20FNO3/c1-18-13-7-11(12(15)8-16-13)14(19-2)5-3-10(9-17)4-6-14/h7-8,10,17H,3-6,9H2,1-2H3. The Kier molecular flexibility index (Phi) is 4.37. The first-order valence-electron chi connectivity index (χ1n) is 6.51. The van der Waals surface area contributed by atoms with E-state index in [4.69, 9.17) is 9.47 Å². The number of aliphatic hydroxyl groups is 1. The van der Waals surface area contributed by atoms with Crippen LogP contribution in [0, 0.1) is 11.7 Å². The minimum absolute atomic E-state index is 0.182. The van der Waals surface area contributed by atoms with E-state index >= 15 is 0 Å². The van der Waals surface area contributed by atoms with Gasteiger partial charge in [-0.15, -0.1) is 0 Å². The van der Waals surface area contributed by atoms with Crippen molar-refractivity contribution in [1.29, 1.82) is 0 Å². The third-order valence-electron chi connectivity index (χ3n) is 4.09. The summed E-state index contributed by atoms with van der Waals surface area (Å²) >= 11 is 0. The molecular formula is C14H20FNO3. The Morgan fingerprint density at radius 2 is 2.11 bits per heavy atom. The van der Waals surface area contributed by atoms with Crippen LogP contribution in [0.2, 0.25) is 0 Å². The fourth-order valence-corrected chi connectivity index (χ4v) is 2.79. The van der Waals surface area contributed by atoms with Crippen LogP contribution in [0.4, 0.5) is 4.39 Å². The predicted octanol–water partition coefficient (Wildman–Crippen LogP) is 2.25. The second-order valence-electron chi connectivity index (χ2n) is 5.03. The van der Waals surface area contributed by atoms with Gasteiger partial charge in [0.1, 0.15) is 5.82 Å². The number of aromatic nitrogens is 1. The van der Waals surface area contributed by atoms with Crippen molar-refractivity contribution in [2.75, 3.05) is 20.8 Å². The Morgan fingerprint density at radius 1 is 1.42 bits per heavy atom. The van der Waals surface area contributed by atoms with Crippen LogP contribution in [0.25, 0.3) is 0 Å². The molecule has 2 rings (SSSR count). The van der Waals surface area contributed by atoms with Crippen LogP contribution in [0.1, 0.15) is 31.2 Å². The molecule has 1 heterocycles. The molecule has 1 aromatic rings. The largest absolute Gasteiger partial charge is 0.481 e. The summed E-state index contributed by atoms with van der Waals surface area (Å²) in [6.45, 7) is 0.182. The van der Waals surface area contributed by atoms with Gasteiger partial charge in [0.15, 0.2) is 0 Å². The Labute approximate surface area is 112 Å². The lowest BCUT2D eigenvalue weighted by Crippen LogP contribution is -2.35. The molecule has 1 aliphatic carbocycles. The zero-order chi connectivity index (χ0) is 13.9. The highest BCUT2D eigenvalue weighted by atomic mass is 19.1. The molecule has 0 spiro atoms. The minimum Gasteiger partial charge on any atom is -0.481 e. The maximum atomic E-state index is 14.1. The van der Waals surface area contributed by atoms with Gasteiger partial charge in [-0.25, -0.2) is 9.37 Å². The van der Waals surface area contributed by atoms with Crippen molar-refractivity contribution in [3.63, 3.8) is 0 Å². The van der Waals surface area contributed by atoms with Crippen LogP contribution >= 0.6 is 0 Å². The van der Waals surface area contributed by atoms with Gasteiger partial charge in [0, 0.05) is 25.3 Å². The van der Waals surface area contributed by atoms with E-state index < -0.39 is 5.60 Å². The van der Waals surface area contributed by atoms with Gasteiger partial charge in [-0.3, -0.25) is 0 Å². The summed E-state index contributed by atoms with van der Waals surface area (Å²) < 4.78 is 24.7. The summed E-state index contributed by atoms with van der Waals surface area (Å²) in [7, 11) is 3.11. The molecule has 106 valence electrons. The average molecular weight is 269 g/mol. The second-order valence-corrected chi connectivity index (χ2v) is 5.03. The van der Waals surface area contributed by atoms with Crippen LogP contribution in [0.3, 0.4) is 0 Å². The number of nitrogens with zero attached hydrogens (tertiary/aromatic N) is 1. The second kappa shape index (κ2) is 5.84. The topological polar surface area (TPSA) is 51.6 Å². The maximum Gasteiger partial charge on any atom is 0.213 e. The minimum atomic E-state index is -0.633. The van der Waals surface area contributed by atoms with Gasteiger partial charge in [-0.2, -0.15) is 0 Å². The molecule has 5 heteroatoms. The highest BCUT2D eigenvalue weighted by Gasteiger charge is 2.39. The molecule has 1 aromatic heterocycles. The van der Waals surface area contributed by atoms with Crippen molar-refractivity contribution in [2.24, 2.45) is 5.92 Å². The molecule has 0 aromatic carbocycles. The Balaban J connectivity index is 2.31. The SMILES string of the molecule is COc1cc(C2(OC)CCC(CO)CC2)c(F)cn1. The van der Waals surface area contributed by atoms with E-state index in [1.54, 1.807) is 13.2 Å². The van der Waals surface area contributed by atoms with Gasteiger partial charge in [0.2, 0.25) is 5.88 Å². The first kappa shape index (κ1) is 14.2. The van der Waals surface area contributed by atoms with Crippen molar-refractivity contribution < 1.29 is 19.0 Å². The maximum absolute atomic E-state index is 14.1. The first-order valence-corrected chi connectivity index (χ1v) is 6.51. The number of aliphatic hydroxyl groups excluding tert-OH is 1. The summed E-state index contributed by atoms with van der Waals surface area (Å²) in [6.07, 6.45) is 4.22. The highest BCUT2D eigenvalue weighted by molar-refractivity contribution is 5.28. The lowest BCUT2D eigenvalue weighted by atomic mass is 9.75. The highest BCUT2D eigenvalue weighted by Crippen LogP contribution is 2.43. The monoisotopic (exact) mass is 269 g/mol. The lowest BCUT2D eigenvalue weighted by molar-refractivity contribution is -0.0614. The molecule has 1 saturated carbocycles. The molecule has 1 fully saturated rings. The number of methoxy groups -OCH3 is 2. The molecule has 0 unspecified atom stereocenters. The molecule has 0 aliphatic heterocycles. The van der Waals surface area contributed by atoms with Crippen LogP contribution in [-0.4, -0.2) is 30.9 Å². The molecule has 1 aliphatic rings. The van der Waals surface area contributed by atoms with Crippen LogP contribution in [0.5, 0.6) is 5.88 Å². The quantitative estimate of drug-likeness (QED) is 0.911. The summed E-state index contributed by atoms with van der Waals surface area (Å²) in [6, 6.07) is 1.61. The number of ether oxygens (including phenoxy) is 2. The third-order valence-corrected chi connectivity index (χ3v) is 4.09. The molecule has 0 amide bonds. The van der Waals surface area contributed by atoms with E-state index in [1.807, 2.05) is 0 Å². The van der Waals surface area contributed by atoms with E-state index in [9.17, 15) is 9.50 Å². The van der Waals surface area contributed by atoms with E-state index in [-0.39, 0.29) is 18.3 Å². The molecule has 4 nitrogen and oxygen atoms in total. The van der Waals surface area contributed by atoms with Crippen molar-refractivity contribution in [3.8, 4) is 5.88 Å². The smallest absolute Gasteiger partial charge is 0.213 e. The van der Waals surface area contributed by atoms with Crippen LogP contribution < -0.4 is 4.74 Å². The number of rotatable bonds is 4. The Hall–Kier alpha value is -1.20. The van der Waals surface area contributed by atoms with Crippen molar-refractivity contribution in [3.05, 3.63) is 23.6 Å².